The van der Waals surface area contributed by atoms with Crippen LogP contribution in [-0.2, 0) is 13.6 Å². The maximum Gasteiger partial charge on any atom is 0.216 e. The van der Waals surface area contributed by atoms with Crippen LogP contribution in [0.3, 0.4) is 0 Å². The zero-order chi connectivity index (χ0) is 13.8. The molecule has 2 rings (SSSR count). The Hall–Kier alpha value is -0.780. The minimum atomic E-state index is 0. The highest BCUT2D eigenvalue weighted by molar-refractivity contribution is 5.85. The number of aryl methyl sites for hydroxylation is 2. The normalized spacial score (nSPS) is 19.7. The molecule has 20 heavy (non-hydrogen) atoms. The molecule has 1 unspecified atom stereocenters. The zero-order valence-corrected chi connectivity index (χ0v) is 13.6. The van der Waals surface area contributed by atoms with Gasteiger partial charge in [-0.1, -0.05) is 0 Å². The van der Waals surface area contributed by atoms with E-state index in [4.69, 9.17) is 10.5 Å². The van der Waals surface area contributed by atoms with Crippen molar-refractivity contribution in [3.05, 3.63) is 11.3 Å². The second-order valence-electron chi connectivity index (χ2n) is 5.52. The number of likely N-dealkylation sites (tertiary alicyclic amines) is 1. The third-order valence-electron chi connectivity index (χ3n) is 4.04. The molecule has 1 aliphatic heterocycles. The third kappa shape index (κ3) is 3.87. The van der Waals surface area contributed by atoms with E-state index in [0.717, 1.165) is 43.5 Å². The van der Waals surface area contributed by atoms with E-state index in [9.17, 15) is 0 Å². The molecule has 0 radical (unpaired) electrons. The van der Waals surface area contributed by atoms with Crippen molar-refractivity contribution in [2.45, 2.75) is 32.7 Å². The first-order valence-corrected chi connectivity index (χ1v) is 7.14. The molecule has 116 valence electrons. The summed E-state index contributed by atoms with van der Waals surface area (Å²) in [4.78, 5) is 2.51. The molecule has 5 nitrogen and oxygen atoms in total. The molecule has 0 aromatic carbocycles. The molecule has 1 fully saturated rings. The molecule has 1 aromatic heterocycles. The van der Waals surface area contributed by atoms with Crippen molar-refractivity contribution < 1.29 is 4.74 Å². The lowest BCUT2D eigenvalue weighted by molar-refractivity contribution is 0.161. The Bertz CT molecular complexity index is 420. The van der Waals surface area contributed by atoms with Crippen LogP contribution in [0.1, 0.15) is 30.5 Å². The lowest BCUT2D eigenvalue weighted by atomic mass is 9.94. The summed E-state index contributed by atoms with van der Waals surface area (Å²) in [6.45, 7) is 6.10. The SMILES string of the molecule is COc1c(CN2CCCC(CCN)C2)c(C)nn1C.Cl. The minimum absolute atomic E-state index is 0. The van der Waals surface area contributed by atoms with Crippen molar-refractivity contribution in [3.63, 3.8) is 0 Å². The minimum Gasteiger partial charge on any atom is -0.481 e. The third-order valence-corrected chi connectivity index (χ3v) is 4.04. The summed E-state index contributed by atoms with van der Waals surface area (Å²) in [6, 6.07) is 0. The Morgan fingerprint density at radius 3 is 2.85 bits per heavy atom. The largest absolute Gasteiger partial charge is 0.481 e. The van der Waals surface area contributed by atoms with E-state index in [1.54, 1.807) is 7.11 Å². The van der Waals surface area contributed by atoms with Gasteiger partial charge in [0, 0.05) is 20.1 Å². The van der Waals surface area contributed by atoms with Gasteiger partial charge in [-0.2, -0.15) is 5.10 Å². The molecule has 0 bridgehead atoms. The molecule has 1 atom stereocenters. The Balaban J connectivity index is 0.00000200. The molecule has 6 heteroatoms. The van der Waals surface area contributed by atoms with Crippen LogP contribution in [0.25, 0.3) is 0 Å². The van der Waals surface area contributed by atoms with Gasteiger partial charge in [-0.05, 0) is 45.2 Å². The zero-order valence-electron chi connectivity index (χ0n) is 12.8. The smallest absolute Gasteiger partial charge is 0.216 e. The van der Waals surface area contributed by atoms with Crippen LogP contribution in [0, 0.1) is 12.8 Å². The summed E-state index contributed by atoms with van der Waals surface area (Å²) >= 11 is 0. The van der Waals surface area contributed by atoms with Crippen LogP contribution in [0.2, 0.25) is 0 Å². The highest BCUT2D eigenvalue weighted by Crippen LogP contribution is 2.26. The van der Waals surface area contributed by atoms with Crippen molar-refractivity contribution in [1.82, 2.24) is 14.7 Å². The topological polar surface area (TPSA) is 56.3 Å². The lowest BCUT2D eigenvalue weighted by Crippen LogP contribution is -2.35. The van der Waals surface area contributed by atoms with Crippen molar-refractivity contribution >= 4 is 12.4 Å². The quantitative estimate of drug-likeness (QED) is 0.900. The predicted molar refractivity (Wildman–Crippen MR) is 83.4 cm³/mol. The van der Waals surface area contributed by atoms with E-state index in [0.29, 0.717) is 0 Å². The maximum atomic E-state index is 5.68. The maximum absolute atomic E-state index is 5.68. The standard InChI is InChI=1S/C14H26N4O.ClH/c1-11-13(14(19-3)17(2)16-11)10-18-8-4-5-12(9-18)6-7-15;/h12H,4-10,15H2,1-3H3;1H. The Morgan fingerprint density at radius 1 is 1.45 bits per heavy atom. The monoisotopic (exact) mass is 302 g/mol. The summed E-state index contributed by atoms with van der Waals surface area (Å²) in [7, 11) is 3.65. The molecular formula is C14H27ClN4O. The van der Waals surface area contributed by atoms with Crippen LogP contribution < -0.4 is 10.5 Å². The first kappa shape index (κ1) is 17.3. The van der Waals surface area contributed by atoms with E-state index < -0.39 is 0 Å². The summed E-state index contributed by atoms with van der Waals surface area (Å²) in [6.07, 6.45) is 3.73. The van der Waals surface area contributed by atoms with Gasteiger partial charge in [0.2, 0.25) is 5.88 Å². The number of piperidine rings is 1. The Labute approximate surface area is 127 Å². The average molecular weight is 303 g/mol. The van der Waals surface area contributed by atoms with Crippen molar-refractivity contribution in [2.75, 3.05) is 26.7 Å². The summed E-state index contributed by atoms with van der Waals surface area (Å²) in [5.41, 5.74) is 7.97. The van der Waals surface area contributed by atoms with Crippen LogP contribution in [-0.4, -0.2) is 41.4 Å². The van der Waals surface area contributed by atoms with Gasteiger partial charge >= 0.3 is 0 Å². The fraction of sp³-hybridized carbons (Fsp3) is 0.786. The van der Waals surface area contributed by atoms with Crippen molar-refractivity contribution in [1.29, 1.82) is 0 Å². The summed E-state index contributed by atoms with van der Waals surface area (Å²) < 4.78 is 7.29. The van der Waals surface area contributed by atoms with Gasteiger partial charge in [0.15, 0.2) is 0 Å². The molecule has 0 aliphatic carbocycles. The fourth-order valence-electron chi connectivity index (χ4n) is 3.11. The van der Waals surface area contributed by atoms with E-state index in [1.165, 1.54) is 24.9 Å². The van der Waals surface area contributed by atoms with Crippen molar-refractivity contribution in [2.24, 2.45) is 18.7 Å². The Morgan fingerprint density at radius 2 is 2.20 bits per heavy atom. The molecule has 0 amide bonds. The van der Waals surface area contributed by atoms with Crippen molar-refractivity contribution in [3.8, 4) is 5.88 Å². The molecular weight excluding hydrogens is 276 g/mol. The number of nitrogens with two attached hydrogens (primary N) is 1. The van der Waals surface area contributed by atoms with E-state index in [1.807, 2.05) is 11.7 Å². The Kier molecular flexibility index (Phi) is 6.79. The summed E-state index contributed by atoms with van der Waals surface area (Å²) in [5, 5.41) is 4.45. The first-order valence-electron chi connectivity index (χ1n) is 7.14. The number of rotatable bonds is 5. The van der Waals surface area contributed by atoms with E-state index in [-0.39, 0.29) is 12.4 Å². The molecule has 2 N–H and O–H groups in total. The molecule has 0 spiro atoms. The number of hydrogen-bond donors (Lipinski definition) is 1. The van der Waals surface area contributed by atoms with Crippen LogP contribution in [0.5, 0.6) is 5.88 Å². The number of halogens is 1. The van der Waals surface area contributed by atoms with Gasteiger partial charge in [0.05, 0.1) is 18.4 Å². The molecule has 1 aromatic rings. The van der Waals surface area contributed by atoms with Crippen LogP contribution in [0.15, 0.2) is 0 Å². The summed E-state index contributed by atoms with van der Waals surface area (Å²) in [5.74, 6) is 1.64. The average Bonchev–Trinajstić information content (AvgIpc) is 2.65. The van der Waals surface area contributed by atoms with Crippen LogP contribution >= 0.6 is 12.4 Å². The molecule has 2 heterocycles. The van der Waals surface area contributed by atoms with Gasteiger partial charge in [0.1, 0.15) is 0 Å². The number of hydrogen-bond acceptors (Lipinski definition) is 4. The molecule has 1 saturated heterocycles. The lowest BCUT2D eigenvalue weighted by Gasteiger charge is -2.32. The highest BCUT2D eigenvalue weighted by atomic mass is 35.5. The number of nitrogens with zero attached hydrogens (tertiary/aromatic N) is 3. The highest BCUT2D eigenvalue weighted by Gasteiger charge is 2.22. The predicted octanol–water partition coefficient (Wildman–Crippen LogP) is 1.72. The first-order chi connectivity index (χ1) is 9.15. The van der Waals surface area contributed by atoms with E-state index in [2.05, 4.69) is 16.9 Å². The number of methoxy groups -OCH3 is 1. The van der Waals surface area contributed by atoms with Gasteiger partial charge in [0.25, 0.3) is 0 Å². The van der Waals surface area contributed by atoms with Gasteiger partial charge < -0.3 is 10.5 Å². The number of aromatic nitrogens is 2. The second kappa shape index (κ2) is 7.86. The van der Waals surface area contributed by atoms with E-state index >= 15 is 0 Å². The fourth-order valence-corrected chi connectivity index (χ4v) is 3.11. The molecule has 0 saturated carbocycles. The molecule has 1 aliphatic rings. The van der Waals surface area contributed by atoms with Crippen LogP contribution in [0.4, 0.5) is 0 Å². The number of ether oxygens (including phenoxy) is 1. The van der Waals surface area contributed by atoms with Gasteiger partial charge in [-0.3, -0.25) is 4.90 Å². The van der Waals surface area contributed by atoms with Gasteiger partial charge in [-0.15, -0.1) is 12.4 Å². The van der Waals surface area contributed by atoms with Gasteiger partial charge in [-0.25, -0.2) is 4.68 Å². The second-order valence-corrected chi connectivity index (χ2v) is 5.52.